The third-order valence-electron chi connectivity index (χ3n) is 2.88. The monoisotopic (exact) mass is 244 g/mol. The second-order valence-electron chi connectivity index (χ2n) is 4.46. The summed E-state index contributed by atoms with van der Waals surface area (Å²) in [4.78, 5) is 13.8. The fourth-order valence-electron chi connectivity index (χ4n) is 2.04. The smallest absolute Gasteiger partial charge is 0.309 e. The van der Waals surface area contributed by atoms with Gasteiger partial charge in [-0.1, -0.05) is 6.92 Å². The summed E-state index contributed by atoms with van der Waals surface area (Å²) < 4.78 is 10.6. The van der Waals surface area contributed by atoms with Crippen LogP contribution in [-0.4, -0.2) is 63.4 Å². The molecule has 100 valence electrons. The lowest BCUT2D eigenvalue weighted by molar-refractivity contribution is -0.148. The maximum Gasteiger partial charge on any atom is 0.309 e. The Kier molecular flexibility index (Phi) is 6.47. The molecule has 0 bridgehead atoms. The quantitative estimate of drug-likeness (QED) is 0.672. The van der Waals surface area contributed by atoms with Crippen molar-refractivity contribution in [3.8, 4) is 0 Å². The normalized spacial score (nSPS) is 23.4. The molecular formula is C12H24N2O3. The molecule has 5 nitrogen and oxygen atoms in total. The molecule has 0 aromatic heterocycles. The van der Waals surface area contributed by atoms with Crippen LogP contribution in [0.5, 0.6) is 0 Å². The van der Waals surface area contributed by atoms with Gasteiger partial charge in [0.2, 0.25) is 0 Å². The number of hydrogen-bond donors (Lipinski definition) is 1. The van der Waals surface area contributed by atoms with Gasteiger partial charge < -0.3 is 14.8 Å². The lowest BCUT2D eigenvalue weighted by Gasteiger charge is -2.33. The van der Waals surface area contributed by atoms with E-state index < -0.39 is 0 Å². The molecule has 0 saturated carbocycles. The van der Waals surface area contributed by atoms with Crippen molar-refractivity contribution in [3.05, 3.63) is 0 Å². The molecule has 1 aliphatic rings. The van der Waals surface area contributed by atoms with E-state index in [1.54, 1.807) is 0 Å². The number of morpholine rings is 1. The lowest BCUT2D eigenvalue weighted by Crippen LogP contribution is -2.48. The van der Waals surface area contributed by atoms with Crippen LogP contribution in [-0.2, 0) is 14.3 Å². The molecule has 0 aromatic rings. The zero-order valence-electron chi connectivity index (χ0n) is 11.1. The van der Waals surface area contributed by atoms with Crippen molar-refractivity contribution in [2.45, 2.75) is 20.0 Å². The Labute approximate surface area is 103 Å². The Bertz CT molecular complexity index is 234. The molecule has 5 heteroatoms. The van der Waals surface area contributed by atoms with Crippen molar-refractivity contribution in [2.24, 2.45) is 5.92 Å². The van der Waals surface area contributed by atoms with E-state index in [1.165, 1.54) is 0 Å². The van der Waals surface area contributed by atoms with Crippen molar-refractivity contribution >= 4 is 5.97 Å². The number of carbonyl (C=O) groups is 1. The van der Waals surface area contributed by atoms with Gasteiger partial charge in [0.05, 0.1) is 25.2 Å². The third-order valence-corrected chi connectivity index (χ3v) is 2.88. The van der Waals surface area contributed by atoms with Gasteiger partial charge >= 0.3 is 5.97 Å². The summed E-state index contributed by atoms with van der Waals surface area (Å²) in [6, 6.07) is 0. The molecule has 0 amide bonds. The van der Waals surface area contributed by atoms with Gasteiger partial charge in [0.15, 0.2) is 0 Å². The Morgan fingerprint density at radius 2 is 2.41 bits per heavy atom. The number of nitrogens with zero attached hydrogens (tertiary/aromatic N) is 1. The predicted molar refractivity (Wildman–Crippen MR) is 65.9 cm³/mol. The second kappa shape index (κ2) is 7.63. The standard InChI is InChI=1S/C12H24N2O3/c1-4-16-12(15)10(2)8-14-5-6-17-11(9-14)7-13-3/h10-11,13H,4-9H2,1-3H3. The highest BCUT2D eigenvalue weighted by Crippen LogP contribution is 2.09. The Morgan fingerprint density at radius 1 is 1.65 bits per heavy atom. The van der Waals surface area contributed by atoms with Crippen LogP contribution in [0.3, 0.4) is 0 Å². The molecular weight excluding hydrogens is 220 g/mol. The molecule has 1 N–H and O–H groups in total. The molecule has 17 heavy (non-hydrogen) atoms. The van der Waals surface area contributed by atoms with E-state index in [2.05, 4.69) is 10.2 Å². The van der Waals surface area contributed by atoms with Gasteiger partial charge in [0, 0.05) is 26.2 Å². The van der Waals surface area contributed by atoms with Crippen molar-refractivity contribution in [1.82, 2.24) is 10.2 Å². The van der Waals surface area contributed by atoms with Crippen LogP contribution in [0, 0.1) is 5.92 Å². The van der Waals surface area contributed by atoms with E-state index in [-0.39, 0.29) is 18.0 Å². The topological polar surface area (TPSA) is 50.8 Å². The van der Waals surface area contributed by atoms with Crippen molar-refractivity contribution in [2.75, 3.05) is 46.4 Å². The summed E-state index contributed by atoms with van der Waals surface area (Å²) in [6.45, 7) is 8.32. The molecule has 1 saturated heterocycles. The molecule has 2 unspecified atom stereocenters. The number of hydrogen-bond acceptors (Lipinski definition) is 5. The summed E-state index contributed by atoms with van der Waals surface area (Å²) >= 11 is 0. The minimum Gasteiger partial charge on any atom is -0.466 e. The van der Waals surface area contributed by atoms with Gasteiger partial charge in [-0.2, -0.15) is 0 Å². The van der Waals surface area contributed by atoms with E-state index in [1.807, 2.05) is 20.9 Å². The number of carbonyl (C=O) groups excluding carboxylic acids is 1. The zero-order chi connectivity index (χ0) is 12.7. The molecule has 0 aromatic carbocycles. The van der Waals surface area contributed by atoms with Gasteiger partial charge in [0.25, 0.3) is 0 Å². The van der Waals surface area contributed by atoms with E-state index in [4.69, 9.17) is 9.47 Å². The number of nitrogens with one attached hydrogen (secondary N) is 1. The van der Waals surface area contributed by atoms with Crippen LogP contribution in [0.15, 0.2) is 0 Å². The van der Waals surface area contributed by atoms with E-state index in [9.17, 15) is 4.79 Å². The van der Waals surface area contributed by atoms with Gasteiger partial charge in [-0.05, 0) is 14.0 Å². The van der Waals surface area contributed by atoms with Gasteiger partial charge in [0.1, 0.15) is 0 Å². The van der Waals surface area contributed by atoms with E-state index in [0.29, 0.717) is 6.61 Å². The summed E-state index contributed by atoms with van der Waals surface area (Å²) in [5, 5.41) is 3.11. The molecule has 1 aliphatic heterocycles. The Balaban J connectivity index is 2.32. The first-order valence-corrected chi connectivity index (χ1v) is 6.32. The van der Waals surface area contributed by atoms with Crippen LogP contribution < -0.4 is 5.32 Å². The molecule has 1 rings (SSSR count). The third kappa shape index (κ3) is 5.02. The molecule has 0 radical (unpaired) electrons. The second-order valence-corrected chi connectivity index (χ2v) is 4.46. The number of rotatable bonds is 6. The Hall–Kier alpha value is -0.650. The molecule has 0 aliphatic carbocycles. The largest absolute Gasteiger partial charge is 0.466 e. The first kappa shape index (κ1) is 14.4. The SMILES string of the molecule is CCOC(=O)C(C)CN1CCOC(CNC)C1. The first-order valence-electron chi connectivity index (χ1n) is 6.32. The molecule has 0 spiro atoms. The van der Waals surface area contributed by atoms with Crippen LogP contribution >= 0.6 is 0 Å². The van der Waals surface area contributed by atoms with E-state index >= 15 is 0 Å². The fraction of sp³-hybridized carbons (Fsp3) is 0.917. The van der Waals surface area contributed by atoms with Crippen molar-refractivity contribution in [1.29, 1.82) is 0 Å². The zero-order valence-corrected chi connectivity index (χ0v) is 11.1. The van der Waals surface area contributed by atoms with Gasteiger partial charge in [-0.3, -0.25) is 9.69 Å². The highest BCUT2D eigenvalue weighted by molar-refractivity contribution is 5.72. The molecule has 2 atom stereocenters. The van der Waals surface area contributed by atoms with Crippen LogP contribution in [0.2, 0.25) is 0 Å². The maximum absolute atomic E-state index is 11.5. The number of likely N-dealkylation sites (N-methyl/N-ethyl adjacent to an activating group) is 1. The van der Waals surface area contributed by atoms with Gasteiger partial charge in [-0.25, -0.2) is 0 Å². The summed E-state index contributed by atoms with van der Waals surface area (Å²) in [7, 11) is 1.92. The van der Waals surface area contributed by atoms with Gasteiger partial charge in [-0.15, -0.1) is 0 Å². The first-order chi connectivity index (χ1) is 8.17. The lowest BCUT2D eigenvalue weighted by atomic mass is 10.1. The molecule has 1 heterocycles. The average Bonchev–Trinajstić information content (AvgIpc) is 2.30. The Morgan fingerprint density at radius 3 is 3.06 bits per heavy atom. The van der Waals surface area contributed by atoms with E-state index in [0.717, 1.165) is 32.8 Å². The molecule has 1 fully saturated rings. The minimum atomic E-state index is -0.107. The van der Waals surface area contributed by atoms with Crippen molar-refractivity contribution < 1.29 is 14.3 Å². The van der Waals surface area contributed by atoms with Crippen LogP contribution in [0.4, 0.5) is 0 Å². The summed E-state index contributed by atoms with van der Waals surface area (Å²) in [5.41, 5.74) is 0. The predicted octanol–water partition coefficient (Wildman–Crippen LogP) is 0.106. The average molecular weight is 244 g/mol. The fourth-order valence-corrected chi connectivity index (χ4v) is 2.04. The van der Waals surface area contributed by atoms with Crippen LogP contribution in [0.25, 0.3) is 0 Å². The van der Waals surface area contributed by atoms with Crippen molar-refractivity contribution in [3.63, 3.8) is 0 Å². The minimum absolute atomic E-state index is 0.0664. The maximum atomic E-state index is 11.5. The van der Waals surface area contributed by atoms with Crippen LogP contribution in [0.1, 0.15) is 13.8 Å². The highest BCUT2D eigenvalue weighted by atomic mass is 16.5. The highest BCUT2D eigenvalue weighted by Gasteiger charge is 2.23. The number of esters is 1. The summed E-state index contributed by atoms with van der Waals surface area (Å²) in [5.74, 6) is -0.174. The number of ether oxygens (including phenoxy) is 2. The summed E-state index contributed by atoms with van der Waals surface area (Å²) in [6.07, 6.45) is 0.225.